The molecular weight excluding hydrogens is 232 g/mol. The van der Waals surface area contributed by atoms with Crippen LogP contribution in [-0.4, -0.2) is 35.1 Å². The summed E-state index contributed by atoms with van der Waals surface area (Å²) in [6.45, 7) is 1.45. The zero-order valence-electron chi connectivity index (χ0n) is 10.0. The van der Waals surface area contributed by atoms with Gasteiger partial charge in [-0.15, -0.1) is 6.42 Å². The van der Waals surface area contributed by atoms with Crippen molar-refractivity contribution in [3.05, 3.63) is 29.8 Å². The van der Waals surface area contributed by atoms with E-state index in [4.69, 9.17) is 11.5 Å². The van der Waals surface area contributed by atoms with Gasteiger partial charge in [0.1, 0.15) is 6.54 Å². The summed E-state index contributed by atoms with van der Waals surface area (Å²) in [6, 6.07) is 6.64. The van der Waals surface area contributed by atoms with Crippen LogP contribution in [0, 0.1) is 19.3 Å². The lowest BCUT2D eigenvalue weighted by Crippen LogP contribution is -2.39. The highest BCUT2D eigenvalue weighted by Crippen LogP contribution is 2.09. The van der Waals surface area contributed by atoms with Gasteiger partial charge in [-0.3, -0.25) is 4.79 Å². The maximum absolute atomic E-state index is 11.8. The van der Waals surface area contributed by atoms with E-state index in [-0.39, 0.29) is 6.54 Å². The quantitative estimate of drug-likeness (QED) is 0.792. The van der Waals surface area contributed by atoms with Gasteiger partial charge in [-0.2, -0.15) is 0 Å². The van der Waals surface area contributed by atoms with Gasteiger partial charge in [0, 0.05) is 5.69 Å². The SMILES string of the molecule is C#CCN(CC(=O)O)C(=O)Nc1ccc(C)cc1. The highest BCUT2D eigenvalue weighted by molar-refractivity contribution is 5.91. The van der Waals surface area contributed by atoms with Crippen LogP contribution >= 0.6 is 0 Å². The Morgan fingerprint density at radius 3 is 2.50 bits per heavy atom. The predicted octanol–water partition coefficient (Wildman–Crippen LogP) is 1.55. The number of nitrogens with one attached hydrogen (secondary N) is 1. The van der Waals surface area contributed by atoms with Crippen molar-refractivity contribution in [3.8, 4) is 12.3 Å². The maximum atomic E-state index is 11.8. The summed E-state index contributed by atoms with van der Waals surface area (Å²) in [4.78, 5) is 23.4. The Bertz CT molecular complexity index is 474. The molecule has 0 aliphatic heterocycles. The van der Waals surface area contributed by atoms with E-state index in [2.05, 4.69) is 11.2 Å². The molecular formula is C13H14N2O3. The van der Waals surface area contributed by atoms with Gasteiger partial charge in [0.25, 0.3) is 0 Å². The van der Waals surface area contributed by atoms with Gasteiger partial charge in [-0.1, -0.05) is 23.6 Å². The number of carboxylic acids is 1. The Morgan fingerprint density at radius 2 is 2.00 bits per heavy atom. The van der Waals surface area contributed by atoms with Crippen LogP contribution in [0.2, 0.25) is 0 Å². The van der Waals surface area contributed by atoms with Crippen molar-refractivity contribution >= 4 is 17.7 Å². The topological polar surface area (TPSA) is 69.6 Å². The first-order chi connectivity index (χ1) is 8.52. The van der Waals surface area contributed by atoms with E-state index in [0.29, 0.717) is 5.69 Å². The van der Waals surface area contributed by atoms with Gasteiger partial charge >= 0.3 is 12.0 Å². The fourth-order valence-corrected chi connectivity index (χ4v) is 1.31. The van der Waals surface area contributed by atoms with Gasteiger partial charge in [-0.05, 0) is 19.1 Å². The summed E-state index contributed by atoms with van der Waals surface area (Å²) in [5, 5.41) is 11.3. The molecule has 0 aliphatic rings. The van der Waals surface area contributed by atoms with E-state index in [9.17, 15) is 9.59 Å². The van der Waals surface area contributed by atoms with Crippen LogP contribution in [0.15, 0.2) is 24.3 Å². The zero-order valence-corrected chi connectivity index (χ0v) is 10.0. The molecule has 18 heavy (non-hydrogen) atoms. The lowest BCUT2D eigenvalue weighted by Gasteiger charge is -2.18. The molecule has 94 valence electrons. The molecule has 0 spiro atoms. The minimum Gasteiger partial charge on any atom is -0.480 e. The van der Waals surface area contributed by atoms with Crippen molar-refractivity contribution in [2.45, 2.75) is 6.92 Å². The molecule has 0 fully saturated rings. The second kappa shape index (κ2) is 6.30. The number of anilines is 1. The average molecular weight is 246 g/mol. The maximum Gasteiger partial charge on any atom is 0.323 e. The number of hydrogen-bond donors (Lipinski definition) is 2. The van der Waals surface area contributed by atoms with Gasteiger partial charge in [0.2, 0.25) is 0 Å². The lowest BCUT2D eigenvalue weighted by atomic mass is 10.2. The monoisotopic (exact) mass is 246 g/mol. The van der Waals surface area contributed by atoms with Crippen LogP contribution in [0.4, 0.5) is 10.5 Å². The fourth-order valence-electron chi connectivity index (χ4n) is 1.31. The molecule has 0 saturated carbocycles. The zero-order chi connectivity index (χ0) is 13.5. The Kier molecular flexibility index (Phi) is 4.76. The number of rotatable bonds is 4. The third kappa shape index (κ3) is 4.18. The largest absolute Gasteiger partial charge is 0.480 e. The fraction of sp³-hybridized carbons (Fsp3) is 0.231. The Balaban J connectivity index is 2.69. The van der Waals surface area contributed by atoms with Crippen LogP contribution in [0.1, 0.15) is 5.56 Å². The standard InChI is InChI=1S/C13H14N2O3/c1-3-8-15(9-12(16)17)13(18)14-11-6-4-10(2)5-7-11/h1,4-7H,8-9H2,2H3,(H,14,18)(H,16,17). The molecule has 1 aromatic rings. The van der Waals surface area contributed by atoms with E-state index < -0.39 is 18.5 Å². The Morgan fingerprint density at radius 1 is 1.39 bits per heavy atom. The highest BCUT2D eigenvalue weighted by Gasteiger charge is 2.15. The lowest BCUT2D eigenvalue weighted by molar-refractivity contribution is -0.137. The van der Waals surface area contributed by atoms with E-state index in [0.717, 1.165) is 10.5 Å². The number of carbonyl (C=O) groups excluding carboxylic acids is 1. The molecule has 0 bridgehead atoms. The van der Waals surface area contributed by atoms with E-state index in [1.165, 1.54) is 0 Å². The number of aryl methyl sites for hydroxylation is 1. The smallest absolute Gasteiger partial charge is 0.323 e. The van der Waals surface area contributed by atoms with Crippen LogP contribution < -0.4 is 5.32 Å². The second-order valence-electron chi connectivity index (χ2n) is 3.75. The number of urea groups is 1. The molecule has 5 nitrogen and oxygen atoms in total. The first-order valence-corrected chi connectivity index (χ1v) is 5.31. The summed E-state index contributed by atoms with van der Waals surface area (Å²) < 4.78 is 0. The minimum absolute atomic E-state index is 0.0516. The number of amides is 2. The molecule has 0 atom stereocenters. The third-order valence-electron chi connectivity index (χ3n) is 2.20. The number of carbonyl (C=O) groups is 2. The van der Waals surface area contributed by atoms with Crippen LogP contribution in [-0.2, 0) is 4.79 Å². The van der Waals surface area contributed by atoms with Crippen LogP contribution in [0.3, 0.4) is 0 Å². The van der Waals surface area contributed by atoms with Gasteiger partial charge in [0.15, 0.2) is 0 Å². The molecule has 5 heteroatoms. The van der Waals surface area contributed by atoms with Gasteiger partial charge in [-0.25, -0.2) is 4.79 Å². The summed E-state index contributed by atoms with van der Waals surface area (Å²) in [7, 11) is 0. The molecule has 2 amide bonds. The molecule has 0 radical (unpaired) electrons. The molecule has 2 N–H and O–H groups in total. The highest BCUT2D eigenvalue weighted by atomic mass is 16.4. The Hall–Kier alpha value is -2.48. The number of aliphatic carboxylic acids is 1. The summed E-state index contributed by atoms with van der Waals surface area (Å²) in [6.07, 6.45) is 5.09. The first-order valence-electron chi connectivity index (χ1n) is 5.31. The van der Waals surface area contributed by atoms with Crippen molar-refractivity contribution < 1.29 is 14.7 Å². The van der Waals surface area contributed by atoms with Crippen molar-refractivity contribution in [3.63, 3.8) is 0 Å². The summed E-state index contributed by atoms with van der Waals surface area (Å²) in [5.41, 5.74) is 1.66. The van der Waals surface area contributed by atoms with E-state index in [1.54, 1.807) is 12.1 Å². The van der Waals surface area contributed by atoms with Crippen molar-refractivity contribution in [2.24, 2.45) is 0 Å². The van der Waals surface area contributed by atoms with E-state index >= 15 is 0 Å². The molecule has 0 heterocycles. The predicted molar refractivity (Wildman–Crippen MR) is 68.2 cm³/mol. The molecule has 1 aromatic carbocycles. The molecule has 0 aromatic heterocycles. The summed E-state index contributed by atoms with van der Waals surface area (Å²) >= 11 is 0. The van der Waals surface area contributed by atoms with E-state index in [1.807, 2.05) is 19.1 Å². The van der Waals surface area contributed by atoms with Gasteiger partial charge < -0.3 is 15.3 Å². The average Bonchev–Trinajstić information content (AvgIpc) is 2.31. The number of benzene rings is 1. The van der Waals surface area contributed by atoms with Crippen molar-refractivity contribution in [1.82, 2.24) is 4.90 Å². The van der Waals surface area contributed by atoms with Gasteiger partial charge in [0.05, 0.1) is 6.54 Å². The second-order valence-corrected chi connectivity index (χ2v) is 3.75. The molecule has 1 rings (SSSR count). The van der Waals surface area contributed by atoms with Crippen molar-refractivity contribution in [1.29, 1.82) is 0 Å². The van der Waals surface area contributed by atoms with Crippen molar-refractivity contribution in [2.75, 3.05) is 18.4 Å². The molecule has 0 saturated heterocycles. The van der Waals surface area contributed by atoms with Crippen LogP contribution in [0.25, 0.3) is 0 Å². The normalized spacial score (nSPS) is 9.33. The van der Waals surface area contributed by atoms with Crippen LogP contribution in [0.5, 0.6) is 0 Å². The minimum atomic E-state index is -1.11. The third-order valence-corrected chi connectivity index (χ3v) is 2.20. The molecule has 0 unspecified atom stereocenters. The number of hydrogen-bond acceptors (Lipinski definition) is 2. The number of terminal acetylenes is 1. The number of nitrogens with zero attached hydrogens (tertiary/aromatic N) is 1. The summed E-state index contributed by atoms with van der Waals surface area (Å²) in [5.74, 6) is 1.14. The Labute approximate surface area is 105 Å². The molecule has 0 aliphatic carbocycles. The number of carboxylic acid groups (broad SMARTS) is 1. The first kappa shape index (κ1) is 13.6.